The van der Waals surface area contributed by atoms with Crippen LogP contribution >= 0.6 is 11.6 Å². The van der Waals surface area contributed by atoms with E-state index in [-0.39, 0.29) is 22.7 Å². The fraction of sp³-hybridized carbons (Fsp3) is 0.375. The molecule has 0 unspecified atom stereocenters. The zero-order chi connectivity index (χ0) is 18.3. The van der Waals surface area contributed by atoms with Gasteiger partial charge in [0.2, 0.25) is 0 Å². The first-order valence-electron chi connectivity index (χ1n) is 7.07. The van der Waals surface area contributed by atoms with Crippen molar-refractivity contribution in [2.75, 3.05) is 0 Å². The van der Waals surface area contributed by atoms with Gasteiger partial charge in [-0.1, -0.05) is 38.4 Å². The van der Waals surface area contributed by atoms with Crippen LogP contribution in [0.25, 0.3) is 0 Å². The Kier molecular flexibility index (Phi) is 4.68. The number of rotatable bonds is 3. The Morgan fingerprint density at radius 1 is 1.25 bits per heavy atom. The van der Waals surface area contributed by atoms with Crippen LogP contribution in [-0.4, -0.2) is 20.9 Å². The molecule has 130 valence electrons. The molecule has 0 saturated heterocycles. The van der Waals surface area contributed by atoms with E-state index in [0.717, 1.165) is 12.1 Å². The van der Waals surface area contributed by atoms with Crippen molar-refractivity contribution in [3.63, 3.8) is 0 Å². The van der Waals surface area contributed by atoms with E-state index in [0.29, 0.717) is 11.3 Å². The summed E-state index contributed by atoms with van der Waals surface area (Å²) in [5, 5.41) is 13.5. The van der Waals surface area contributed by atoms with Crippen LogP contribution in [0.3, 0.4) is 0 Å². The molecule has 0 aliphatic rings. The van der Waals surface area contributed by atoms with E-state index in [1.165, 1.54) is 16.8 Å². The van der Waals surface area contributed by atoms with Crippen LogP contribution in [0, 0.1) is 0 Å². The number of carboxylic acid groups (broad SMARTS) is 1. The summed E-state index contributed by atoms with van der Waals surface area (Å²) in [6, 6.07) is 4.43. The molecule has 0 amide bonds. The van der Waals surface area contributed by atoms with Gasteiger partial charge < -0.3 is 5.11 Å². The Hall–Kier alpha value is -2.02. The molecule has 2 rings (SSSR count). The number of hydrogen-bond acceptors (Lipinski definition) is 2. The molecule has 1 aromatic heterocycles. The van der Waals surface area contributed by atoms with Crippen molar-refractivity contribution in [1.82, 2.24) is 9.78 Å². The summed E-state index contributed by atoms with van der Waals surface area (Å²) in [5.74, 6) is -1.17. The maximum atomic E-state index is 12.7. The van der Waals surface area contributed by atoms with Gasteiger partial charge in [0, 0.05) is 10.4 Å². The second kappa shape index (κ2) is 6.12. The van der Waals surface area contributed by atoms with Gasteiger partial charge in [-0.2, -0.15) is 18.3 Å². The Bertz CT molecular complexity index is 777. The number of aromatic nitrogens is 2. The maximum Gasteiger partial charge on any atom is 0.416 e. The SMILES string of the molecule is CC(C)(C)c1cc(C(=O)O)n(Cc2ccc(C(F)(F)F)cc2Cl)n1. The molecule has 0 aliphatic carbocycles. The van der Waals surface area contributed by atoms with Gasteiger partial charge in [-0.15, -0.1) is 0 Å². The predicted octanol–water partition coefficient (Wildman–Crippen LogP) is 4.60. The third-order valence-electron chi connectivity index (χ3n) is 3.47. The third kappa shape index (κ3) is 3.90. The molecule has 24 heavy (non-hydrogen) atoms. The van der Waals surface area contributed by atoms with E-state index in [2.05, 4.69) is 5.10 Å². The molecule has 0 atom stereocenters. The minimum Gasteiger partial charge on any atom is -0.477 e. The van der Waals surface area contributed by atoms with E-state index < -0.39 is 17.7 Å². The van der Waals surface area contributed by atoms with Crippen molar-refractivity contribution in [2.24, 2.45) is 0 Å². The summed E-state index contributed by atoms with van der Waals surface area (Å²) in [6.45, 7) is 5.62. The standard InChI is InChI=1S/C16H16ClF3N2O2/c1-15(2,3)13-7-12(14(23)24)22(21-13)8-9-4-5-10(6-11(9)17)16(18,19)20/h4-7H,8H2,1-3H3,(H,23,24). The lowest BCUT2D eigenvalue weighted by molar-refractivity contribution is -0.137. The molecule has 4 nitrogen and oxygen atoms in total. The molecular weight excluding hydrogens is 345 g/mol. The highest BCUT2D eigenvalue weighted by Crippen LogP contribution is 2.32. The number of hydrogen-bond donors (Lipinski definition) is 1. The monoisotopic (exact) mass is 360 g/mol. The molecule has 0 aliphatic heterocycles. The maximum absolute atomic E-state index is 12.7. The number of carboxylic acids is 1. The fourth-order valence-electron chi connectivity index (χ4n) is 2.09. The van der Waals surface area contributed by atoms with E-state index in [1.807, 2.05) is 20.8 Å². The van der Waals surface area contributed by atoms with E-state index in [9.17, 15) is 23.1 Å². The molecule has 0 bridgehead atoms. The molecule has 0 saturated carbocycles. The number of halogens is 4. The van der Waals surface area contributed by atoms with Crippen LogP contribution in [-0.2, 0) is 18.1 Å². The Morgan fingerprint density at radius 3 is 2.33 bits per heavy atom. The van der Waals surface area contributed by atoms with Gasteiger partial charge in [0.05, 0.1) is 17.8 Å². The van der Waals surface area contributed by atoms with E-state index >= 15 is 0 Å². The van der Waals surface area contributed by atoms with Crippen molar-refractivity contribution in [3.05, 3.63) is 51.8 Å². The first-order valence-corrected chi connectivity index (χ1v) is 7.44. The van der Waals surface area contributed by atoms with Crippen LogP contribution in [0.2, 0.25) is 5.02 Å². The van der Waals surface area contributed by atoms with Gasteiger partial charge in [0.25, 0.3) is 0 Å². The molecule has 1 aromatic carbocycles. The van der Waals surface area contributed by atoms with E-state index in [4.69, 9.17) is 11.6 Å². The lowest BCUT2D eigenvalue weighted by Crippen LogP contribution is -2.14. The molecule has 0 spiro atoms. The first kappa shape index (κ1) is 18.3. The highest BCUT2D eigenvalue weighted by Gasteiger charge is 2.31. The van der Waals surface area contributed by atoms with Gasteiger partial charge in [-0.25, -0.2) is 4.79 Å². The first-order chi connectivity index (χ1) is 10.9. The van der Waals surface area contributed by atoms with Crippen LogP contribution in [0.5, 0.6) is 0 Å². The summed E-state index contributed by atoms with van der Waals surface area (Å²) in [7, 11) is 0. The molecular formula is C16H16ClF3N2O2. The number of alkyl halides is 3. The molecule has 2 aromatic rings. The van der Waals surface area contributed by atoms with Crippen molar-refractivity contribution >= 4 is 17.6 Å². The number of carbonyl (C=O) groups is 1. The van der Waals surface area contributed by atoms with Crippen molar-refractivity contribution in [3.8, 4) is 0 Å². The quantitative estimate of drug-likeness (QED) is 0.870. The number of benzene rings is 1. The fourth-order valence-corrected chi connectivity index (χ4v) is 2.33. The minimum absolute atomic E-state index is 0.0331. The Balaban J connectivity index is 2.41. The number of nitrogens with zero attached hydrogens (tertiary/aromatic N) is 2. The predicted molar refractivity (Wildman–Crippen MR) is 83.4 cm³/mol. The lowest BCUT2D eigenvalue weighted by atomic mass is 9.92. The zero-order valence-corrected chi connectivity index (χ0v) is 14.0. The minimum atomic E-state index is -4.49. The van der Waals surface area contributed by atoms with Gasteiger partial charge in [0.15, 0.2) is 0 Å². The Labute approximate surface area is 141 Å². The Morgan fingerprint density at radius 2 is 1.88 bits per heavy atom. The summed E-state index contributed by atoms with van der Waals surface area (Å²) < 4.78 is 39.3. The summed E-state index contributed by atoms with van der Waals surface area (Å²) >= 11 is 5.93. The molecule has 8 heteroatoms. The van der Waals surface area contributed by atoms with Crippen molar-refractivity contribution in [2.45, 2.75) is 38.9 Å². The average molecular weight is 361 g/mol. The normalized spacial score (nSPS) is 12.5. The second-order valence-electron chi connectivity index (χ2n) is 6.43. The van der Waals surface area contributed by atoms with Crippen LogP contribution in [0.4, 0.5) is 13.2 Å². The summed E-state index contributed by atoms with van der Waals surface area (Å²) in [5.41, 5.74) is -0.334. The molecule has 0 radical (unpaired) electrons. The number of aromatic carboxylic acids is 1. The highest BCUT2D eigenvalue weighted by atomic mass is 35.5. The van der Waals surface area contributed by atoms with Gasteiger partial charge in [-0.3, -0.25) is 4.68 Å². The van der Waals surface area contributed by atoms with Crippen molar-refractivity contribution in [1.29, 1.82) is 0 Å². The molecule has 0 fully saturated rings. The van der Waals surface area contributed by atoms with Crippen LogP contribution in [0.15, 0.2) is 24.3 Å². The zero-order valence-electron chi connectivity index (χ0n) is 13.3. The largest absolute Gasteiger partial charge is 0.477 e. The van der Waals surface area contributed by atoms with Crippen LogP contribution in [0.1, 0.15) is 48.1 Å². The second-order valence-corrected chi connectivity index (χ2v) is 6.84. The summed E-state index contributed by atoms with van der Waals surface area (Å²) in [6.07, 6.45) is -4.49. The topological polar surface area (TPSA) is 55.1 Å². The molecule has 1 N–H and O–H groups in total. The van der Waals surface area contributed by atoms with Gasteiger partial charge in [0.1, 0.15) is 5.69 Å². The van der Waals surface area contributed by atoms with Gasteiger partial charge in [-0.05, 0) is 23.8 Å². The third-order valence-corrected chi connectivity index (χ3v) is 3.82. The molecule has 1 heterocycles. The average Bonchev–Trinajstić information content (AvgIpc) is 2.84. The summed E-state index contributed by atoms with van der Waals surface area (Å²) in [4.78, 5) is 11.4. The highest BCUT2D eigenvalue weighted by molar-refractivity contribution is 6.31. The van der Waals surface area contributed by atoms with Gasteiger partial charge >= 0.3 is 12.1 Å². The lowest BCUT2D eigenvalue weighted by Gasteiger charge is -2.14. The van der Waals surface area contributed by atoms with Crippen LogP contribution < -0.4 is 0 Å². The van der Waals surface area contributed by atoms with E-state index in [1.54, 1.807) is 0 Å². The van der Waals surface area contributed by atoms with Crippen molar-refractivity contribution < 1.29 is 23.1 Å². The smallest absolute Gasteiger partial charge is 0.416 e.